The van der Waals surface area contributed by atoms with Gasteiger partial charge in [0.1, 0.15) is 11.5 Å². The topological polar surface area (TPSA) is 71.0 Å². The van der Waals surface area contributed by atoms with Gasteiger partial charge in [0, 0.05) is 44.8 Å². The highest BCUT2D eigenvalue weighted by Crippen LogP contribution is 2.22. The largest absolute Gasteiger partial charge is 0.457 e. The van der Waals surface area contributed by atoms with E-state index < -0.39 is 0 Å². The number of ether oxygens (including phenoxy) is 2. The molecule has 33 heavy (non-hydrogen) atoms. The van der Waals surface area contributed by atoms with Crippen molar-refractivity contribution in [2.24, 2.45) is 0 Å². The van der Waals surface area contributed by atoms with Gasteiger partial charge in [-0.25, -0.2) is 0 Å². The summed E-state index contributed by atoms with van der Waals surface area (Å²) in [5.74, 6) is 3.25. The average Bonchev–Trinajstić information content (AvgIpc) is 2.90. The first-order valence-corrected chi connectivity index (χ1v) is 11.3. The molecule has 3 aromatic rings. The van der Waals surface area contributed by atoms with Gasteiger partial charge in [0.2, 0.25) is 0 Å². The van der Waals surface area contributed by atoms with Crippen LogP contribution in [0.2, 0.25) is 0 Å². The molecule has 1 aromatic heterocycles. The maximum atomic E-state index is 13.0. The first kappa shape index (κ1) is 21.2. The zero-order valence-corrected chi connectivity index (χ0v) is 18.5. The van der Waals surface area contributed by atoms with Crippen LogP contribution in [0.1, 0.15) is 10.4 Å². The fourth-order valence-electron chi connectivity index (χ4n) is 4.06. The molecule has 2 aromatic carbocycles. The third-order valence-electron chi connectivity index (χ3n) is 5.94. The third kappa shape index (κ3) is 5.06. The van der Waals surface area contributed by atoms with Crippen molar-refractivity contribution in [3.8, 4) is 11.5 Å². The smallest absolute Gasteiger partial charge is 0.253 e. The quantitative estimate of drug-likeness (QED) is 0.598. The zero-order valence-electron chi connectivity index (χ0n) is 18.5. The predicted octanol–water partition coefficient (Wildman–Crippen LogP) is 3.07. The number of morpholine rings is 1. The molecule has 2 aliphatic heterocycles. The number of para-hydroxylation sites is 1. The van der Waals surface area contributed by atoms with Gasteiger partial charge >= 0.3 is 0 Å². The van der Waals surface area contributed by atoms with Gasteiger partial charge in [-0.2, -0.15) is 0 Å². The lowest BCUT2D eigenvalue weighted by atomic mass is 10.1. The van der Waals surface area contributed by atoms with Crippen LogP contribution in [-0.4, -0.2) is 73.5 Å². The summed E-state index contributed by atoms with van der Waals surface area (Å²) in [5.41, 5.74) is 0.665. The van der Waals surface area contributed by atoms with E-state index in [1.165, 1.54) is 0 Å². The highest BCUT2D eigenvalue weighted by molar-refractivity contribution is 5.94. The van der Waals surface area contributed by atoms with Crippen molar-refractivity contribution in [2.45, 2.75) is 0 Å². The molecule has 0 N–H and O–H groups in total. The first-order valence-electron chi connectivity index (χ1n) is 11.3. The number of rotatable bonds is 5. The number of carbonyl (C=O) groups is 1. The van der Waals surface area contributed by atoms with Gasteiger partial charge in [0.15, 0.2) is 11.6 Å². The Morgan fingerprint density at radius 1 is 0.697 bits per heavy atom. The van der Waals surface area contributed by atoms with E-state index >= 15 is 0 Å². The summed E-state index contributed by atoms with van der Waals surface area (Å²) >= 11 is 0. The number of benzene rings is 2. The Morgan fingerprint density at radius 2 is 1.27 bits per heavy atom. The molecule has 2 saturated heterocycles. The van der Waals surface area contributed by atoms with Gasteiger partial charge < -0.3 is 24.2 Å². The number of aromatic nitrogens is 2. The van der Waals surface area contributed by atoms with Crippen molar-refractivity contribution in [1.82, 2.24) is 15.1 Å². The average molecular weight is 446 g/mol. The van der Waals surface area contributed by atoms with Gasteiger partial charge in [0.25, 0.3) is 5.91 Å². The molecule has 0 radical (unpaired) electrons. The van der Waals surface area contributed by atoms with Crippen molar-refractivity contribution < 1.29 is 14.3 Å². The zero-order chi connectivity index (χ0) is 22.5. The van der Waals surface area contributed by atoms with Gasteiger partial charge in [-0.1, -0.05) is 18.2 Å². The van der Waals surface area contributed by atoms with Crippen molar-refractivity contribution in [2.75, 3.05) is 62.3 Å². The SMILES string of the molecule is O=C(c1ccc(Oc2ccccc2)cc1)N1CCN(c2ccc(N3CCOCC3)nn2)CC1. The molecule has 3 heterocycles. The van der Waals surface area contributed by atoms with Crippen molar-refractivity contribution >= 4 is 17.5 Å². The van der Waals surface area contributed by atoms with Gasteiger partial charge in [-0.15, -0.1) is 10.2 Å². The molecule has 5 rings (SSSR count). The molecule has 1 amide bonds. The molecule has 0 saturated carbocycles. The standard InChI is InChI=1S/C25H27N5O3/c31-25(20-6-8-22(9-7-20)33-21-4-2-1-3-5-21)30-14-12-28(13-15-30)23-10-11-24(27-26-23)29-16-18-32-19-17-29/h1-11H,12-19H2. The predicted molar refractivity (Wildman–Crippen MR) is 126 cm³/mol. The Hall–Kier alpha value is -3.65. The van der Waals surface area contributed by atoms with Gasteiger partial charge in [-0.05, 0) is 48.5 Å². The molecule has 8 nitrogen and oxygen atoms in total. The lowest BCUT2D eigenvalue weighted by molar-refractivity contribution is 0.0746. The molecule has 0 atom stereocenters. The number of carbonyl (C=O) groups excluding carboxylic acids is 1. The van der Waals surface area contributed by atoms with E-state index in [9.17, 15) is 4.79 Å². The van der Waals surface area contributed by atoms with E-state index in [1.807, 2.05) is 71.6 Å². The van der Waals surface area contributed by atoms with Crippen LogP contribution in [0.5, 0.6) is 11.5 Å². The lowest BCUT2D eigenvalue weighted by Crippen LogP contribution is -2.49. The van der Waals surface area contributed by atoms with Crippen LogP contribution in [0, 0.1) is 0 Å². The number of nitrogens with zero attached hydrogens (tertiary/aromatic N) is 5. The number of hydrogen-bond donors (Lipinski definition) is 0. The van der Waals surface area contributed by atoms with E-state index in [0.29, 0.717) is 24.4 Å². The fourth-order valence-corrected chi connectivity index (χ4v) is 4.06. The highest BCUT2D eigenvalue weighted by atomic mass is 16.5. The van der Waals surface area contributed by atoms with Crippen LogP contribution in [0.25, 0.3) is 0 Å². The van der Waals surface area contributed by atoms with E-state index in [1.54, 1.807) is 0 Å². The number of anilines is 2. The fraction of sp³-hybridized carbons (Fsp3) is 0.320. The monoisotopic (exact) mass is 445 g/mol. The van der Waals surface area contributed by atoms with E-state index in [4.69, 9.17) is 9.47 Å². The Morgan fingerprint density at radius 3 is 1.88 bits per heavy atom. The first-order chi connectivity index (χ1) is 16.3. The molecule has 8 heteroatoms. The second-order valence-corrected chi connectivity index (χ2v) is 8.07. The van der Waals surface area contributed by atoms with Crippen molar-refractivity contribution in [3.63, 3.8) is 0 Å². The second-order valence-electron chi connectivity index (χ2n) is 8.07. The normalized spacial score (nSPS) is 16.5. The highest BCUT2D eigenvalue weighted by Gasteiger charge is 2.23. The molecule has 0 aliphatic carbocycles. The minimum Gasteiger partial charge on any atom is -0.457 e. The van der Waals surface area contributed by atoms with Crippen LogP contribution < -0.4 is 14.5 Å². The van der Waals surface area contributed by atoms with E-state index in [0.717, 1.165) is 56.8 Å². The Balaban J connectivity index is 1.15. The molecule has 170 valence electrons. The van der Waals surface area contributed by atoms with Crippen LogP contribution in [0.4, 0.5) is 11.6 Å². The van der Waals surface area contributed by atoms with Crippen molar-refractivity contribution in [1.29, 1.82) is 0 Å². The molecular weight excluding hydrogens is 418 g/mol. The molecule has 0 spiro atoms. The van der Waals surface area contributed by atoms with Crippen LogP contribution in [0.3, 0.4) is 0 Å². The minimum absolute atomic E-state index is 0.0367. The second kappa shape index (κ2) is 9.87. The Kier molecular flexibility index (Phi) is 6.34. The summed E-state index contributed by atoms with van der Waals surface area (Å²) in [4.78, 5) is 19.2. The molecule has 0 unspecified atom stereocenters. The molecule has 0 bridgehead atoms. The summed E-state index contributed by atoms with van der Waals surface area (Å²) < 4.78 is 11.2. The molecule has 2 fully saturated rings. The number of piperazine rings is 1. The lowest BCUT2D eigenvalue weighted by Gasteiger charge is -2.35. The summed E-state index contributed by atoms with van der Waals surface area (Å²) in [5, 5.41) is 8.83. The minimum atomic E-state index is 0.0367. The Labute approximate surface area is 193 Å². The molecule has 2 aliphatic rings. The van der Waals surface area contributed by atoms with Crippen LogP contribution >= 0.6 is 0 Å². The third-order valence-corrected chi connectivity index (χ3v) is 5.94. The van der Waals surface area contributed by atoms with E-state index in [2.05, 4.69) is 20.0 Å². The van der Waals surface area contributed by atoms with E-state index in [-0.39, 0.29) is 5.91 Å². The van der Waals surface area contributed by atoms with Crippen molar-refractivity contribution in [3.05, 3.63) is 72.3 Å². The summed E-state index contributed by atoms with van der Waals surface area (Å²) in [6, 6.07) is 21.0. The van der Waals surface area contributed by atoms with Crippen LogP contribution in [-0.2, 0) is 4.74 Å². The Bertz CT molecular complexity index is 1050. The summed E-state index contributed by atoms with van der Waals surface area (Å²) in [7, 11) is 0. The maximum absolute atomic E-state index is 13.0. The summed E-state index contributed by atoms with van der Waals surface area (Å²) in [6.45, 7) is 5.88. The van der Waals surface area contributed by atoms with Crippen LogP contribution in [0.15, 0.2) is 66.7 Å². The van der Waals surface area contributed by atoms with Gasteiger partial charge in [-0.3, -0.25) is 4.79 Å². The van der Waals surface area contributed by atoms with Gasteiger partial charge in [0.05, 0.1) is 13.2 Å². The summed E-state index contributed by atoms with van der Waals surface area (Å²) in [6.07, 6.45) is 0. The number of hydrogen-bond acceptors (Lipinski definition) is 7. The molecular formula is C25H27N5O3. The number of amides is 1. The maximum Gasteiger partial charge on any atom is 0.253 e.